The highest BCUT2D eigenvalue weighted by Gasteiger charge is 2.09. The molecular formula is C16H16N2O2S. The summed E-state index contributed by atoms with van der Waals surface area (Å²) in [6.07, 6.45) is 3.80. The standard InChI is InChI=1S/C16H16N2O2S/c19-16(20)7-3-4-12-8-18(9-13-10-21-11-17-13)15-6-2-1-5-14(12)15/h1-2,5-6,8,10-11H,3-4,7,9H2,(H,19,20). The van der Waals surface area contributed by atoms with E-state index in [0.717, 1.165) is 18.7 Å². The summed E-state index contributed by atoms with van der Waals surface area (Å²) in [5, 5.41) is 12.0. The highest BCUT2D eigenvalue weighted by atomic mass is 32.1. The number of nitrogens with zero attached hydrogens (tertiary/aromatic N) is 2. The quantitative estimate of drug-likeness (QED) is 0.757. The molecule has 2 heterocycles. The van der Waals surface area contributed by atoms with Crippen LogP contribution >= 0.6 is 11.3 Å². The van der Waals surface area contributed by atoms with E-state index >= 15 is 0 Å². The summed E-state index contributed by atoms with van der Waals surface area (Å²) in [7, 11) is 0. The first-order valence-corrected chi connectivity index (χ1v) is 7.84. The van der Waals surface area contributed by atoms with Crippen molar-refractivity contribution >= 4 is 28.2 Å². The third-order valence-electron chi connectivity index (χ3n) is 3.52. The van der Waals surface area contributed by atoms with E-state index in [1.165, 1.54) is 16.5 Å². The molecule has 2 aromatic heterocycles. The third-order valence-corrected chi connectivity index (χ3v) is 4.16. The van der Waals surface area contributed by atoms with E-state index in [9.17, 15) is 4.79 Å². The van der Waals surface area contributed by atoms with Crippen molar-refractivity contribution in [1.82, 2.24) is 9.55 Å². The van der Waals surface area contributed by atoms with Crippen molar-refractivity contribution in [3.63, 3.8) is 0 Å². The number of hydrogen-bond acceptors (Lipinski definition) is 3. The number of benzene rings is 1. The molecule has 21 heavy (non-hydrogen) atoms. The predicted molar refractivity (Wildman–Crippen MR) is 83.7 cm³/mol. The van der Waals surface area contributed by atoms with Crippen LogP contribution < -0.4 is 0 Å². The molecule has 0 aliphatic carbocycles. The van der Waals surface area contributed by atoms with Gasteiger partial charge in [0, 0.05) is 28.9 Å². The molecule has 5 heteroatoms. The number of aryl methyl sites for hydroxylation is 1. The van der Waals surface area contributed by atoms with Crippen LogP contribution in [-0.4, -0.2) is 20.6 Å². The van der Waals surface area contributed by atoms with E-state index in [-0.39, 0.29) is 6.42 Å². The second-order valence-corrected chi connectivity index (χ2v) is 5.75. The summed E-state index contributed by atoms with van der Waals surface area (Å²) < 4.78 is 2.19. The number of aliphatic carboxylic acids is 1. The fraction of sp³-hybridized carbons (Fsp3) is 0.250. The summed E-state index contributed by atoms with van der Waals surface area (Å²) in [5.41, 5.74) is 5.28. The Labute approximate surface area is 126 Å². The number of carboxylic acids is 1. The van der Waals surface area contributed by atoms with Crippen molar-refractivity contribution in [3.05, 3.63) is 52.6 Å². The van der Waals surface area contributed by atoms with Crippen LogP contribution in [0.5, 0.6) is 0 Å². The topological polar surface area (TPSA) is 55.1 Å². The number of hydrogen-bond donors (Lipinski definition) is 1. The first-order valence-electron chi connectivity index (χ1n) is 6.89. The Bertz CT molecular complexity index is 747. The number of fused-ring (bicyclic) bond motifs is 1. The first kappa shape index (κ1) is 13.8. The molecule has 1 aromatic carbocycles. The maximum absolute atomic E-state index is 10.7. The molecule has 0 radical (unpaired) electrons. The molecule has 0 unspecified atom stereocenters. The molecule has 0 aliphatic heterocycles. The Hall–Kier alpha value is -2.14. The molecule has 0 atom stereocenters. The van der Waals surface area contributed by atoms with Crippen LogP contribution in [0, 0.1) is 0 Å². The summed E-state index contributed by atoms with van der Waals surface area (Å²) in [6.45, 7) is 0.753. The number of para-hydroxylation sites is 1. The van der Waals surface area contributed by atoms with Crippen LogP contribution in [0.4, 0.5) is 0 Å². The van der Waals surface area contributed by atoms with Crippen molar-refractivity contribution in [2.75, 3.05) is 0 Å². The van der Waals surface area contributed by atoms with Gasteiger partial charge in [-0.25, -0.2) is 4.98 Å². The van der Waals surface area contributed by atoms with Crippen molar-refractivity contribution in [2.24, 2.45) is 0 Å². The molecule has 0 saturated heterocycles. The first-order chi connectivity index (χ1) is 10.2. The van der Waals surface area contributed by atoms with Gasteiger partial charge in [0.05, 0.1) is 17.7 Å². The third kappa shape index (κ3) is 3.13. The number of aromatic nitrogens is 2. The zero-order valence-corrected chi connectivity index (χ0v) is 12.3. The minimum atomic E-state index is -0.735. The molecule has 3 aromatic rings. The molecule has 4 nitrogen and oxygen atoms in total. The van der Waals surface area contributed by atoms with Crippen molar-refractivity contribution in [2.45, 2.75) is 25.8 Å². The molecule has 0 fully saturated rings. The van der Waals surface area contributed by atoms with Crippen LogP contribution in [0.15, 0.2) is 41.4 Å². The van der Waals surface area contributed by atoms with Gasteiger partial charge in [-0.05, 0) is 24.5 Å². The predicted octanol–water partition coefficient (Wildman–Crippen LogP) is 3.55. The Balaban J connectivity index is 1.88. The Morgan fingerprint density at radius 1 is 1.33 bits per heavy atom. The molecule has 108 valence electrons. The van der Waals surface area contributed by atoms with Crippen LogP contribution in [0.25, 0.3) is 10.9 Å². The van der Waals surface area contributed by atoms with Gasteiger partial charge in [0.1, 0.15) is 0 Å². The van der Waals surface area contributed by atoms with Crippen molar-refractivity contribution in [3.8, 4) is 0 Å². The van der Waals surface area contributed by atoms with Crippen LogP contribution in [0.3, 0.4) is 0 Å². The normalized spacial score (nSPS) is 11.0. The number of carbonyl (C=O) groups is 1. The SMILES string of the molecule is O=C(O)CCCc1cn(Cc2cscn2)c2ccccc12. The average Bonchev–Trinajstić information content (AvgIpc) is 3.09. The van der Waals surface area contributed by atoms with E-state index in [1.54, 1.807) is 11.3 Å². The minimum Gasteiger partial charge on any atom is -0.481 e. The van der Waals surface area contributed by atoms with Gasteiger partial charge in [-0.3, -0.25) is 4.79 Å². The zero-order chi connectivity index (χ0) is 14.7. The lowest BCUT2D eigenvalue weighted by molar-refractivity contribution is -0.137. The van der Waals surface area contributed by atoms with Crippen molar-refractivity contribution in [1.29, 1.82) is 0 Å². The second-order valence-electron chi connectivity index (χ2n) is 5.03. The molecule has 0 saturated carbocycles. The van der Waals surface area contributed by atoms with Gasteiger partial charge in [-0.2, -0.15) is 0 Å². The Morgan fingerprint density at radius 2 is 2.19 bits per heavy atom. The monoisotopic (exact) mass is 300 g/mol. The number of thiazole rings is 1. The largest absolute Gasteiger partial charge is 0.481 e. The lowest BCUT2D eigenvalue weighted by Crippen LogP contribution is -1.98. The maximum Gasteiger partial charge on any atom is 0.303 e. The van der Waals surface area contributed by atoms with Crippen LogP contribution in [0.2, 0.25) is 0 Å². The van der Waals surface area contributed by atoms with E-state index in [0.29, 0.717) is 6.42 Å². The molecule has 0 spiro atoms. The van der Waals surface area contributed by atoms with E-state index in [1.807, 2.05) is 17.6 Å². The molecule has 0 amide bonds. The van der Waals surface area contributed by atoms with Crippen LogP contribution in [0.1, 0.15) is 24.1 Å². The molecule has 0 aliphatic rings. The molecule has 1 N–H and O–H groups in total. The molecule has 3 rings (SSSR count). The second kappa shape index (κ2) is 6.10. The van der Waals surface area contributed by atoms with Gasteiger partial charge in [-0.15, -0.1) is 11.3 Å². The maximum atomic E-state index is 10.7. The van der Waals surface area contributed by atoms with Gasteiger partial charge < -0.3 is 9.67 Å². The van der Waals surface area contributed by atoms with Gasteiger partial charge in [0.25, 0.3) is 0 Å². The zero-order valence-electron chi connectivity index (χ0n) is 11.5. The Kier molecular flexibility index (Phi) is 4.01. The van der Waals surface area contributed by atoms with Crippen LogP contribution in [-0.2, 0) is 17.8 Å². The average molecular weight is 300 g/mol. The summed E-state index contributed by atoms with van der Waals surface area (Å²) in [6, 6.07) is 8.25. The minimum absolute atomic E-state index is 0.214. The lowest BCUT2D eigenvalue weighted by atomic mass is 10.1. The van der Waals surface area contributed by atoms with E-state index in [4.69, 9.17) is 5.11 Å². The van der Waals surface area contributed by atoms with Gasteiger partial charge in [0.15, 0.2) is 0 Å². The van der Waals surface area contributed by atoms with Crippen molar-refractivity contribution < 1.29 is 9.90 Å². The van der Waals surface area contributed by atoms with Gasteiger partial charge >= 0.3 is 5.97 Å². The smallest absolute Gasteiger partial charge is 0.303 e. The van der Waals surface area contributed by atoms with E-state index in [2.05, 4.69) is 33.3 Å². The fourth-order valence-electron chi connectivity index (χ4n) is 2.57. The number of carboxylic acid groups (broad SMARTS) is 1. The van der Waals surface area contributed by atoms with E-state index < -0.39 is 5.97 Å². The number of rotatable bonds is 6. The molecule has 0 bridgehead atoms. The fourth-order valence-corrected chi connectivity index (χ4v) is 3.12. The molecular weight excluding hydrogens is 284 g/mol. The highest BCUT2D eigenvalue weighted by molar-refractivity contribution is 7.07. The van der Waals surface area contributed by atoms with Gasteiger partial charge in [0.2, 0.25) is 0 Å². The lowest BCUT2D eigenvalue weighted by Gasteiger charge is -2.01. The summed E-state index contributed by atoms with van der Waals surface area (Å²) in [5.74, 6) is -0.735. The van der Waals surface area contributed by atoms with Gasteiger partial charge in [-0.1, -0.05) is 18.2 Å². The summed E-state index contributed by atoms with van der Waals surface area (Å²) in [4.78, 5) is 15.0. The summed E-state index contributed by atoms with van der Waals surface area (Å²) >= 11 is 1.60. The highest BCUT2D eigenvalue weighted by Crippen LogP contribution is 2.24. The Morgan fingerprint density at radius 3 is 2.95 bits per heavy atom.